The summed E-state index contributed by atoms with van der Waals surface area (Å²) in [5.74, 6) is 0.471. The Kier molecular flexibility index (Phi) is 5.44. The number of rotatable bonds is 5. The van der Waals surface area contributed by atoms with Crippen LogP contribution in [-0.2, 0) is 4.79 Å². The van der Waals surface area contributed by atoms with Gasteiger partial charge < -0.3 is 10.6 Å². The summed E-state index contributed by atoms with van der Waals surface area (Å²) in [6.07, 6.45) is 5.01. The van der Waals surface area contributed by atoms with Gasteiger partial charge in [0.15, 0.2) is 0 Å². The fourth-order valence-electron chi connectivity index (χ4n) is 2.75. The first kappa shape index (κ1) is 14.5. The van der Waals surface area contributed by atoms with Gasteiger partial charge in [0.05, 0.1) is 0 Å². The Bertz CT molecular complexity index is 240. The van der Waals surface area contributed by atoms with Crippen LogP contribution in [0.1, 0.15) is 59.8 Å². The van der Waals surface area contributed by atoms with Crippen molar-refractivity contribution < 1.29 is 4.79 Å². The molecule has 1 aliphatic rings. The second-order valence-corrected chi connectivity index (χ2v) is 5.41. The van der Waals surface area contributed by atoms with Crippen LogP contribution in [0.2, 0.25) is 0 Å². The second-order valence-electron chi connectivity index (χ2n) is 5.41. The molecule has 0 saturated carbocycles. The van der Waals surface area contributed by atoms with Crippen LogP contribution in [0.5, 0.6) is 0 Å². The van der Waals surface area contributed by atoms with Crippen LogP contribution in [0.4, 0.5) is 0 Å². The number of amides is 1. The summed E-state index contributed by atoms with van der Waals surface area (Å²) in [6, 6.07) is 0.471. The standard InChI is InChI=1S/C14H28N2O/c1-5-14(6-2,7-3)16-13(17)12-8-9-15-11(4)10-12/h11-12,15H,5-10H2,1-4H3,(H,16,17)/t11-,12-/m0/s1. The molecule has 1 saturated heterocycles. The molecule has 0 bridgehead atoms. The van der Waals surface area contributed by atoms with Gasteiger partial charge in [-0.3, -0.25) is 4.79 Å². The summed E-state index contributed by atoms with van der Waals surface area (Å²) in [4.78, 5) is 12.3. The molecule has 3 nitrogen and oxygen atoms in total. The van der Waals surface area contributed by atoms with Crippen LogP contribution in [0.15, 0.2) is 0 Å². The van der Waals surface area contributed by atoms with Crippen LogP contribution >= 0.6 is 0 Å². The molecule has 0 aromatic rings. The highest BCUT2D eigenvalue weighted by molar-refractivity contribution is 5.79. The molecule has 1 fully saturated rings. The number of carbonyl (C=O) groups is 1. The van der Waals surface area contributed by atoms with E-state index in [2.05, 4.69) is 38.3 Å². The van der Waals surface area contributed by atoms with Crippen molar-refractivity contribution in [1.82, 2.24) is 10.6 Å². The van der Waals surface area contributed by atoms with Crippen molar-refractivity contribution in [2.45, 2.75) is 71.4 Å². The predicted octanol–water partition coefficient (Wildman–Crippen LogP) is 2.46. The Morgan fingerprint density at radius 3 is 2.35 bits per heavy atom. The second kappa shape index (κ2) is 6.39. The van der Waals surface area contributed by atoms with Crippen molar-refractivity contribution in [2.75, 3.05) is 6.54 Å². The molecule has 0 unspecified atom stereocenters. The lowest BCUT2D eigenvalue weighted by molar-refractivity contribution is -0.128. The third-order valence-corrected chi connectivity index (χ3v) is 4.41. The van der Waals surface area contributed by atoms with Gasteiger partial charge in [-0.2, -0.15) is 0 Å². The minimum Gasteiger partial charge on any atom is -0.350 e. The van der Waals surface area contributed by atoms with E-state index in [0.29, 0.717) is 6.04 Å². The molecule has 1 rings (SSSR count). The Balaban J connectivity index is 2.57. The number of carbonyl (C=O) groups excluding carboxylic acids is 1. The Morgan fingerprint density at radius 2 is 1.88 bits per heavy atom. The van der Waals surface area contributed by atoms with Crippen LogP contribution in [0.3, 0.4) is 0 Å². The summed E-state index contributed by atoms with van der Waals surface area (Å²) in [7, 11) is 0. The molecule has 1 amide bonds. The van der Waals surface area contributed by atoms with E-state index in [1.165, 1.54) is 0 Å². The van der Waals surface area contributed by atoms with E-state index in [1.54, 1.807) is 0 Å². The number of hydrogen-bond acceptors (Lipinski definition) is 2. The van der Waals surface area contributed by atoms with Gasteiger partial charge >= 0.3 is 0 Å². The summed E-state index contributed by atoms with van der Waals surface area (Å²) in [6.45, 7) is 9.62. The summed E-state index contributed by atoms with van der Waals surface area (Å²) >= 11 is 0. The van der Waals surface area contributed by atoms with Gasteiger partial charge in [-0.05, 0) is 45.6 Å². The van der Waals surface area contributed by atoms with Crippen LogP contribution in [-0.4, -0.2) is 24.0 Å². The molecule has 2 N–H and O–H groups in total. The van der Waals surface area contributed by atoms with Gasteiger partial charge in [-0.15, -0.1) is 0 Å². The lowest BCUT2D eigenvalue weighted by atomic mass is 9.87. The van der Waals surface area contributed by atoms with Crippen LogP contribution < -0.4 is 10.6 Å². The molecule has 100 valence electrons. The van der Waals surface area contributed by atoms with Gasteiger partial charge in [-0.1, -0.05) is 20.8 Å². The molecule has 1 heterocycles. The number of nitrogens with one attached hydrogen (secondary N) is 2. The van der Waals surface area contributed by atoms with E-state index in [-0.39, 0.29) is 17.4 Å². The molecule has 0 spiro atoms. The first-order valence-electron chi connectivity index (χ1n) is 7.12. The average molecular weight is 240 g/mol. The van der Waals surface area contributed by atoms with Crippen molar-refractivity contribution in [3.63, 3.8) is 0 Å². The zero-order valence-corrected chi connectivity index (χ0v) is 11.8. The first-order valence-corrected chi connectivity index (χ1v) is 7.12. The smallest absolute Gasteiger partial charge is 0.223 e. The van der Waals surface area contributed by atoms with Crippen molar-refractivity contribution >= 4 is 5.91 Å². The van der Waals surface area contributed by atoms with Gasteiger partial charge in [0, 0.05) is 17.5 Å². The molecule has 1 aliphatic heterocycles. The first-order chi connectivity index (χ1) is 8.06. The molecule has 2 atom stereocenters. The lowest BCUT2D eigenvalue weighted by Crippen LogP contribution is -2.51. The maximum absolute atomic E-state index is 12.3. The van der Waals surface area contributed by atoms with Gasteiger partial charge in [0.2, 0.25) is 5.91 Å². The highest BCUT2D eigenvalue weighted by Crippen LogP contribution is 2.22. The van der Waals surface area contributed by atoms with Crippen LogP contribution in [0.25, 0.3) is 0 Å². The van der Waals surface area contributed by atoms with E-state index in [1.807, 2.05) is 0 Å². The lowest BCUT2D eigenvalue weighted by Gasteiger charge is -2.35. The van der Waals surface area contributed by atoms with Crippen molar-refractivity contribution in [1.29, 1.82) is 0 Å². The van der Waals surface area contributed by atoms with E-state index in [9.17, 15) is 4.79 Å². The highest BCUT2D eigenvalue weighted by atomic mass is 16.2. The molecular weight excluding hydrogens is 212 g/mol. The normalized spacial score (nSPS) is 25.6. The minimum absolute atomic E-state index is 0.0190. The number of piperidine rings is 1. The van der Waals surface area contributed by atoms with Crippen molar-refractivity contribution in [3.8, 4) is 0 Å². The SMILES string of the molecule is CCC(CC)(CC)NC(=O)[C@H]1CCN[C@@H](C)C1. The van der Waals surface area contributed by atoms with Gasteiger partial charge in [-0.25, -0.2) is 0 Å². The summed E-state index contributed by atoms with van der Waals surface area (Å²) in [5.41, 5.74) is 0.0190. The van der Waals surface area contributed by atoms with Crippen molar-refractivity contribution in [3.05, 3.63) is 0 Å². The molecule has 0 radical (unpaired) electrons. The predicted molar refractivity (Wildman–Crippen MR) is 71.9 cm³/mol. The molecule has 17 heavy (non-hydrogen) atoms. The summed E-state index contributed by atoms with van der Waals surface area (Å²) < 4.78 is 0. The maximum atomic E-state index is 12.3. The monoisotopic (exact) mass is 240 g/mol. The van der Waals surface area contributed by atoms with Crippen molar-refractivity contribution in [2.24, 2.45) is 5.92 Å². The topological polar surface area (TPSA) is 41.1 Å². The third kappa shape index (κ3) is 3.70. The fraction of sp³-hybridized carbons (Fsp3) is 0.929. The average Bonchev–Trinajstić information content (AvgIpc) is 2.36. The Labute approximate surface area is 106 Å². The zero-order valence-electron chi connectivity index (χ0n) is 11.8. The van der Waals surface area contributed by atoms with E-state index in [4.69, 9.17) is 0 Å². The molecule has 0 aliphatic carbocycles. The highest BCUT2D eigenvalue weighted by Gasteiger charge is 2.31. The molecule has 3 heteroatoms. The maximum Gasteiger partial charge on any atom is 0.223 e. The Morgan fingerprint density at radius 1 is 1.29 bits per heavy atom. The third-order valence-electron chi connectivity index (χ3n) is 4.41. The van der Waals surface area contributed by atoms with E-state index < -0.39 is 0 Å². The summed E-state index contributed by atoms with van der Waals surface area (Å²) in [5, 5.41) is 6.69. The molecule has 0 aromatic heterocycles. The molecule has 0 aromatic carbocycles. The van der Waals surface area contributed by atoms with E-state index in [0.717, 1.165) is 38.6 Å². The fourth-order valence-corrected chi connectivity index (χ4v) is 2.75. The Hall–Kier alpha value is -0.570. The van der Waals surface area contributed by atoms with Gasteiger partial charge in [0.25, 0.3) is 0 Å². The number of hydrogen-bond donors (Lipinski definition) is 2. The molecular formula is C14H28N2O. The zero-order chi connectivity index (χ0) is 12.9. The minimum atomic E-state index is 0.0190. The largest absolute Gasteiger partial charge is 0.350 e. The van der Waals surface area contributed by atoms with E-state index >= 15 is 0 Å². The van der Waals surface area contributed by atoms with Gasteiger partial charge in [0.1, 0.15) is 0 Å². The van der Waals surface area contributed by atoms with Crippen LogP contribution in [0, 0.1) is 5.92 Å². The quantitative estimate of drug-likeness (QED) is 0.775.